The summed E-state index contributed by atoms with van der Waals surface area (Å²) in [5.41, 5.74) is 0.857. The quantitative estimate of drug-likeness (QED) is 0.455. The first-order valence-corrected chi connectivity index (χ1v) is 11.2. The SMILES string of the molecule is CCC1C=CC=CC1(c1cc(F)ccc1OC(=O)c1ccccc1)C1CCN(C)CC1. The second kappa shape index (κ2) is 9.19. The van der Waals surface area contributed by atoms with Crippen LogP contribution in [0.3, 0.4) is 0 Å². The third-order valence-corrected chi connectivity index (χ3v) is 6.89. The first kappa shape index (κ1) is 21.5. The van der Waals surface area contributed by atoms with Gasteiger partial charge in [-0.05, 0) is 81.6 Å². The molecule has 0 radical (unpaired) electrons. The summed E-state index contributed by atoms with van der Waals surface area (Å²) in [6.45, 7) is 4.19. The second-order valence-corrected chi connectivity index (χ2v) is 8.67. The molecular formula is C27H30FNO2. The second-order valence-electron chi connectivity index (χ2n) is 8.67. The average molecular weight is 420 g/mol. The van der Waals surface area contributed by atoms with E-state index in [0.29, 0.717) is 17.2 Å². The van der Waals surface area contributed by atoms with E-state index < -0.39 is 11.4 Å². The molecular weight excluding hydrogens is 389 g/mol. The Morgan fingerprint density at radius 3 is 2.58 bits per heavy atom. The Morgan fingerprint density at radius 1 is 1.13 bits per heavy atom. The number of carbonyl (C=O) groups is 1. The van der Waals surface area contributed by atoms with Crippen molar-refractivity contribution in [2.45, 2.75) is 31.6 Å². The van der Waals surface area contributed by atoms with Crippen molar-refractivity contribution in [2.24, 2.45) is 11.8 Å². The van der Waals surface area contributed by atoms with Gasteiger partial charge in [-0.3, -0.25) is 0 Å². The third-order valence-electron chi connectivity index (χ3n) is 6.89. The van der Waals surface area contributed by atoms with Crippen molar-refractivity contribution in [1.29, 1.82) is 0 Å². The highest BCUT2D eigenvalue weighted by Crippen LogP contribution is 2.51. The van der Waals surface area contributed by atoms with Crippen molar-refractivity contribution in [2.75, 3.05) is 20.1 Å². The molecule has 0 N–H and O–H groups in total. The maximum absolute atomic E-state index is 14.6. The van der Waals surface area contributed by atoms with Gasteiger partial charge in [0.2, 0.25) is 0 Å². The fourth-order valence-electron chi connectivity index (χ4n) is 5.27. The van der Waals surface area contributed by atoms with Crippen LogP contribution in [0.4, 0.5) is 4.39 Å². The van der Waals surface area contributed by atoms with Crippen LogP contribution in [0.2, 0.25) is 0 Å². The molecule has 0 spiro atoms. The van der Waals surface area contributed by atoms with Crippen LogP contribution in [0.1, 0.15) is 42.1 Å². The summed E-state index contributed by atoms with van der Waals surface area (Å²) in [6, 6.07) is 13.5. The Kier molecular flexibility index (Phi) is 6.38. The Balaban J connectivity index is 1.80. The van der Waals surface area contributed by atoms with Crippen molar-refractivity contribution in [3.63, 3.8) is 0 Å². The summed E-state index contributed by atoms with van der Waals surface area (Å²) < 4.78 is 20.5. The molecule has 2 atom stereocenters. The maximum Gasteiger partial charge on any atom is 0.343 e. The summed E-state index contributed by atoms with van der Waals surface area (Å²) in [5.74, 6) is 0.273. The Labute approximate surface area is 184 Å². The zero-order valence-electron chi connectivity index (χ0n) is 18.3. The number of ether oxygens (including phenoxy) is 1. The van der Waals surface area contributed by atoms with E-state index in [0.717, 1.165) is 37.9 Å². The van der Waals surface area contributed by atoms with E-state index in [-0.39, 0.29) is 11.7 Å². The average Bonchev–Trinajstić information content (AvgIpc) is 2.81. The first-order valence-electron chi connectivity index (χ1n) is 11.2. The van der Waals surface area contributed by atoms with Crippen molar-refractivity contribution in [3.8, 4) is 5.75 Å². The molecule has 2 unspecified atom stereocenters. The fraction of sp³-hybridized carbons (Fsp3) is 0.370. The largest absolute Gasteiger partial charge is 0.423 e. The fourth-order valence-corrected chi connectivity index (χ4v) is 5.27. The van der Waals surface area contributed by atoms with Gasteiger partial charge in [-0.2, -0.15) is 0 Å². The number of allylic oxidation sites excluding steroid dienone is 4. The van der Waals surface area contributed by atoms with Crippen LogP contribution in [-0.4, -0.2) is 31.0 Å². The van der Waals surface area contributed by atoms with Crippen molar-refractivity contribution in [1.82, 2.24) is 4.90 Å². The molecule has 31 heavy (non-hydrogen) atoms. The Bertz CT molecular complexity index is 976. The first-order chi connectivity index (χ1) is 15.0. The molecule has 162 valence electrons. The van der Waals surface area contributed by atoms with Crippen LogP contribution < -0.4 is 4.74 Å². The highest BCUT2D eigenvalue weighted by Gasteiger charge is 2.46. The summed E-state index contributed by atoms with van der Waals surface area (Å²) in [4.78, 5) is 15.2. The molecule has 2 aromatic rings. The topological polar surface area (TPSA) is 29.5 Å². The molecule has 0 saturated carbocycles. The number of esters is 1. The highest BCUT2D eigenvalue weighted by molar-refractivity contribution is 5.91. The van der Waals surface area contributed by atoms with Crippen LogP contribution in [0.25, 0.3) is 0 Å². The van der Waals surface area contributed by atoms with Crippen LogP contribution in [0.5, 0.6) is 5.75 Å². The molecule has 0 aromatic heterocycles. The van der Waals surface area contributed by atoms with Gasteiger partial charge in [0.15, 0.2) is 0 Å². The third kappa shape index (κ3) is 4.22. The number of rotatable bonds is 5. The lowest BCUT2D eigenvalue weighted by Crippen LogP contribution is -2.46. The van der Waals surface area contributed by atoms with Crippen LogP contribution in [0.15, 0.2) is 72.8 Å². The lowest BCUT2D eigenvalue weighted by molar-refractivity contribution is 0.0725. The minimum atomic E-state index is -0.421. The Hall–Kier alpha value is -2.72. The molecule has 1 aliphatic carbocycles. The van der Waals surface area contributed by atoms with E-state index in [1.807, 2.05) is 18.2 Å². The van der Waals surface area contributed by atoms with Gasteiger partial charge in [0.25, 0.3) is 0 Å². The van der Waals surface area contributed by atoms with Gasteiger partial charge >= 0.3 is 5.97 Å². The summed E-state index contributed by atoms with van der Waals surface area (Å²) in [5, 5.41) is 0. The van der Waals surface area contributed by atoms with Crippen molar-refractivity contribution >= 4 is 5.97 Å². The number of benzene rings is 2. The normalized spacial score (nSPS) is 24.3. The lowest BCUT2D eigenvalue weighted by atomic mass is 9.57. The molecule has 1 aliphatic heterocycles. The minimum absolute atomic E-state index is 0.210. The molecule has 2 aliphatic rings. The maximum atomic E-state index is 14.6. The van der Waals surface area contributed by atoms with Crippen LogP contribution in [-0.2, 0) is 5.41 Å². The van der Waals surface area contributed by atoms with Crippen molar-refractivity contribution in [3.05, 3.63) is 89.8 Å². The van der Waals surface area contributed by atoms with E-state index in [2.05, 4.69) is 43.2 Å². The summed E-state index contributed by atoms with van der Waals surface area (Å²) >= 11 is 0. The monoisotopic (exact) mass is 419 g/mol. The zero-order valence-corrected chi connectivity index (χ0v) is 18.3. The van der Waals surface area contributed by atoms with Gasteiger partial charge in [0.05, 0.1) is 5.56 Å². The number of hydrogen-bond donors (Lipinski definition) is 0. The van der Waals surface area contributed by atoms with Crippen LogP contribution in [0, 0.1) is 17.7 Å². The predicted molar refractivity (Wildman–Crippen MR) is 122 cm³/mol. The van der Waals surface area contributed by atoms with Gasteiger partial charge in [-0.15, -0.1) is 0 Å². The molecule has 1 saturated heterocycles. The smallest absolute Gasteiger partial charge is 0.343 e. The van der Waals surface area contributed by atoms with Gasteiger partial charge < -0.3 is 9.64 Å². The molecule has 1 heterocycles. The zero-order chi connectivity index (χ0) is 21.8. The molecule has 0 bridgehead atoms. The number of halogens is 1. The molecule has 4 rings (SSSR count). The van der Waals surface area contributed by atoms with Gasteiger partial charge in [0.1, 0.15) is 11.6 Å². The number of likely N-dealkylation sites (tertiary alicyclic amines) is 1. The number of hydrogen-bond acceptors (Lipinski definition) is 3. The number of nitrogens with zero attached hydrogens (tertiary/aromatic N) is 1. The van der Waals surface area contributed by atoms with Gasteiger partial charge in [-0.25, -0.2) is 9.18 Å². The van der Waals surface area contributed by atoms with Crippen LogP contribution >= 0.6 is 0 Å². The molecule has 0 amide bonds. The van der Waals surface area contributed by atoms with E-state index in [9.17, 15) is 9.18 Å². The number of piperidine rings is 1. The molecule has 3 nitrogen and oxygen atoms in total. The molecule has 2 aromatic carbocycles. The number of carbonyl (C=O) groups excluding carboxylic acids is 1. The van der Waals surface area contributed by atoms with Gasteiger partial charge in [-0.1, -0.05) is 49.4 Å². The van der Waals surface area contributed by atoms with E-state index >= 15 is 0 Å². The van der Waals surface area contributed by atoms with E-state index in [4.69, 9.17) is 4.74 Å². The standard InChI is InChI=1S/C27H30FNO2/c1-3-21-11-7-8-16-27(21,22-14-17-29(2)18-15-22)24-19-23(28)12-13-25(24)31-26(30)20-9-5-4-6-10-20/h4-13,16,19,21-22H,3,14-15,17-18H2,1-2H3. The Morgan fingerprint density at radius 2 is 1.87 bits per heavy atom. The molecule has 4 heteroatoms. The summed E-state index contributed by atoms with van der Waals surface area (Å²) in [7, 11) is 2.14. The van der Waals surface area contributed by atoms with E-state index in [1.165, 1.54) is 6.07 Å². The summed E-state index contributed by atoms with van der Waals surface area (Å²) in [6.07, 6.45) is 11.6. The molecule has 1 fully saturated rings. The van der Waals surface area contributed by atoms with Gasteiger partial charge in [0, 0.05) is 11.0 Å². The minimum Gasteiger partial charge on any atom is -0.423 e. The highest BCUT2D eigenvalue weighted by atomic mass is 19.1. The van der Waals surface area contributed by atoms with Crippen molar-refractivity contribution < 1.29 is 13.9 Å². The van der Waals surface area contributed by atoms with E-state index in [1.54, 1.807) is 24.3 Å². The predicted octanol–water partition coefficient (Wildman–Crippen LogP) is 5.78. The lowest BCUT2D eigenvalue weighted by Gasteiger charge is -2.48.